The first kappa shape index (κ1) is 17.2. The number of benzene rings is 1. The van der Waals surface area contributed by atoms with Gasteiger partial charge in [-0.3, -0.25) is 4.79 Å². The molecule has 0 saturated carbocycles. The predicted octanol–water partition coefficient (Wildman–Crippen LogP) is 2.93. The van der Waals surface area contributed by atoms with Crippen LogP contribution in [0.3, 0.4) is 0 Å². The maximum atomic E-state index is 12.4. The molecule has 1 atom stereocenters. The molecule has 0 saturated heterocycles. The molecule has 0 bridgehead atoms. The molecule has 0 aliphatic heterocycles. The van der Waals surface area contributed by atoms with Gasteiger partial charge in [0.05, 0.1) is 23.1 Å². The molecule has 1 amide bonds. The van der Waals surface area contributed by atoms with Gasteiger partial charge < -0.3 is 10.4 Å². The first-order chi connectivity index (χ1) is 10.8. The number of hydrogen-bond acceptors (Lipinski definition) is 3. The number of amides is 1. The molecule has 122 valence electrons. The monoisotopic (exact) mass is 379 g/mol. The zero-order chi connectivity index (χ0) is 17.2. The second-order valence-corrected chi connectivity index (χ2v) is 6.40. The van der Waals surface area contributed by atoms with Crippen LogP contribution in [0.15, 0.2) is 34.9 Å². The number of nitrogens with zero attached hydrogens (tertiary/aromatic N) is 2. The largest absolute Gasteiger partial charge is 0.480 e. The standard InChI is InChI=1S/C16H18BrN3O3/c1-4-16(3,15(22)23)19-14(21)13-9-18-20(10(13)2)12-7-5-6-11(17)8-12/h5-9H,4H2,1-3H3,(H,19,21)(H,22,23). The highest BCUT2D eigenvalue weighted by atomic mass is 79.9. The number of rotatable bonds is 5. The molecule has 2 N–H and O–H groups in total. The number of carboxylic acids is 1. The van der Waals surface area contributed by atoms with Crippen molar-refractivity contribution in [1.82, 2.24) is 15.1 Å². The van der Waals surface area contributed by atoms with E-state index >= 15 is 0 Å². The SMILES string of the molecule is CCC(C)(NC(=O)c1cnn(-c2cccc(Br)c2)c1C)C(=O)O. The van der Waals surface area contributed by atoms with Gasteiger partial charge in [0, 0.05) is 4.47 Å². The minimum absolute atomic E-state index is 0.285. The predicted molar refractivity (Wildman–Crippen MR) is 89.8 cm³/mol. The van der Waals surface area contributed by atoms with Crippen LogP contribution < -0.4 is 5.32 Å². The Bertz CT molecular complexity index is 757. The van der Waals surface area contributed by atoms with Crippen molar-refractivity contribution < 1.29 is 14.7 Å². The molecule has 1 heterocycles. The van der Waals surface area contributed by atoms with E-state index in [0.29, 0.717) is 11.3 Å². The van der Waals surface area contributed by atoms with Gasteiger partial charge in [-0.15, -0.1) is 0 Å². The summed E-state index contributed by atoms with van der Waals surface area (Å²) in [5, 5.41) is 16.1. The Morgan fingerprint density at radius 2 is 2.13 bits per heavy atom. The summed E-state index contributed by atoms with van der Waals surface area (Å²) in [6.07, 6.45) is 1.73. The van der Waals surface area contributed by atoms with E-state index in [-0.39, 0.29) is 6.42 Å². The van der Waals surface area contributed by atoms with Crippen LogP contribution in [0.5, 0.6) is 0 Å². The third kappa shape index (κ3) is 3.44. The van der Waals surface area contributed by atoms with Crippen molar-refractivity contribution in [2.75, 3.05) is 0 Å². The second-order valence-electron chi connectivity index (χ2n) is 5.48. The van der Waals surface area contributed by atoms with Crippen molar-refractivity contribution in [3.05, 3.63) is 46.2 Å². The van der Waals surface area contributed by atoms with Crippen LogP contribution in [-0.4, -0.2) is 32.3 Å². The van der Waals surface area contributed by atoms with Gasteiger partial charge in [0.2, 0.25) is 0 Å². The number of hydrogen-bond donors (Lipinski definition) is 2. The molecule has 0 spiro atoms. The average molecular weight is 380 g/mol. The molecule has 2 rings (SSSR count). The molecular formula is C16H18BrN3O3. The van der Waals surface area contributed by atoms with E-state index in [0.717, 1.165) is 10.2 Å². The van der Waals surface area contributed by atoms with E-state index in [1.807, 2.05) is 24.3 Å². The lowest BCUT2D eigenvalue weighted by molar-refractivity contribution is -0.143. The summed E-state index contributed by atoms with van der Waals surface area (Å²) in [4.78, 5) is 23.7. The Morgan fingerprint density at radius 3 is 2.70 bits per heavy atom. The first-order valence-electron chi connectivity index (χ1n) is 7.15. The van der Waals surface area contributed by atoms with Gasteiger partial charge in [-0.25, -0.2) is 9.48 Å². The Kier molecular flexibility index (Phi) is 4.89. The van der Waals surface area contributed by atoms with E-state index in [1.165, 1.54) is 13.1 Å². The van der Waals surface area contributed by atoms with Crippen molar-refractivity contribution in [1.29, 1.82) is 0 Å². The normalized spacial score (nSPS) is 13.4. The highest BCUT2D eigenvalue weighted by Gasteiger charge is 2.33. The number of nitrogens with one attached hydrogen (secondary N) is 1. The van der Waals surface area contributed by atoms with Gasteiger partial charge >= 0.3 is 5.97 Å². The van der Waals surface area contributed by atoms with Gasteiger partial charge in [0.15, 0.2) is 0 Å². The van der Waals surface area contributed by atoms with Crippen molar-refractivity contribution in [3.8, 4) is 5.69 Å². The third-order valence-corrected chi connectivity index (χ3v) is 4.37. The van der Waals surface area contributed by atoms with Crippen LogP contribution in [0.1, 0.15) is 36.3 Å². The number of carbonyl (C=O) groups is 2. The van der Waals surface area contributed by atoms with Crippen molar-refractivity contribution >= 4 is 27.8 Å². The molecule has 0 aliphatic rings. The lowest BCUT2D eigenvalue weighted by Crippen LogP contribution is -2.51. The Morgan fingerprint density at radius 1 is 1.43 bits per heavy atom. The van der Waals surface area contributed by atoms with Crippen LogP contribution in [0.2, 0.25) is 0 Å². The highest BCUT2D eigenvalue weighted by Crippen LogP contribution is 2.19. The third-order valence-electron chi connectivity index (χ3n) is 3.88. The lowest BCUT2D eigenvalue weighted by atomic mass is 9.98. The number of carbonyl (C=O) groups excluding carboxylic acids is 1. The van der Waals surface area contributed by atoms with E-state index in [9.17, 15) is 14.7 Å². The highest BCUT2D eigenvalue weighted by molar-refractivity contribution is 9.10. The Hall–Kier alpha value is -2.15. The summed E-state index contributed by atoms with van der Waals surface area (Å²) in [5.41, 5.74) is 0.504. The summed E-state index contributed by atoms with van der Waals surface area (Å²) in [7, 11) is 0. The number of halogens is 1. The molecular weight excluding hydrogens is 362 g/mol. The topological polar surface area (TPSA) is 84.2 Å². The molecule has 7 heteroatoms. The van der Waals surface area contributed by atoms with Crippen molar-refractivity contribution in [2.45, 2.75) is 32.7 Å². The molecule has 0 aliphatic carbocycles. The fourth-order valence-electron chi connectivity index (χ4n) is 2.11. The lowest BCUT2D eigenvalue weighted by Gasteiger charge is -2.24. The first-order valence-corrected chi connectivity index (χ1v) is 7.94. The van der Waals surface area contributed by atoms with E-state index in [2.05, 4.69) is 26.3 Å². The zero-order valence-corrected chi connectivity index (χ0v) is 14.7. The summed E-state index contributed by atoms with van der Waals surface area (Å²) in [5.74, 6) is -1.51. The average Bonchev–Trinajstić information content (AvgIpc) is 2.88. The minimum atomic E-state index is -1.30. The Labute approximate surface area is 142 Å². The summed E-state index contributed by atoms with van der Waals surface area (Å²) >= 11 is 3.40. The summed E-state index contributed by atoms with van der Waals surface area (Å²) in [6, 6.07) is 7.53. The van der Waals surface area contributed by atoms with Crippen LogP contribution in [0, 0.1) is 6.92 Å². The number of aromatic nitrogens is 2. The van der Waals surface area contributed by atoms with Crippen LogP contribution >= 0.6 is 15.9 Å². The maximum Gasteiger partial charge on any atom is 0.329 e. The van der Waals surface area contributed by atoms with E-state index < -0.39 is 17.4 Å². The smallest absolute Gasteiger partial charge is 0.329 e. The molecule has 1 aromatic heterocycles. The van der Waals surface area contributed by atoms with Crippen LogP contribution in [-0.2, 0) is 4.79 Å². The van der Waals surface area contributed by atoms with Crippen LogP contribution in [0.4, 0.5) is 0 Å². The number of aliphatic carboxylic acids is 1. The second kappa shape index (κ2) is 6.54. The minimum Gasteiger partial charge on any atom is -0.480 e. The fourth-order valence-corrected chi connectivity index (χ4v) is 2.50. The van der Waals surface area contributed by atoms with E-state index in [4.69, 9.17) is 0 Å². The zero-order valence-electron chi connectivity index (χ0n) is 13.1. The summed E-state index contributed by atoms with van der Waals surface area (Å²) in [6.45, 7) is 4.97. The molecule has 0 radical (unpaired) electrons. The van der Waals surface area contributed by atoms with Gasteiger partial charge in [0.25, 0.3) is 5.91 Å². The van der Waals surface area contributed by atoms with Gasteiger partial charge in [-0.05, 0) is 38.5 Å². The molecule has 6 nitrogen and oxygen atoms in total. The molecule has 23 heavy (non-hydrogen) atoms. The maximum absolute atomic E-state index is 12.4. The fraction of sp³-hybridized carbons (Fsp3) is 0.312. The summed E-state index contributed by atoms with van der Waals surface area (Å²) < 4.78 is 2.55. The van der Waals surface area contributed by atoms with Gasteiger partial charge in [0.1, 0.15) is 5.54 Å². The van der Waals surface area contributed by atoms with Gasteiger partial charge in [-0.2, -0.15) is 5.10 Å². The molecule has 1 aromatic carbocycles. The van der Waals surface area contributed by atoms with Crippen molar-refractivity contribution in [2.24, 2.45) is 0 Å². The van der Waals surface area contributed by atoms with Crippen LogP contribution in [0.25, 0.3) is 5.69 Å². The van der Waals surface area contributed by atoms with E-state index in [1.54, 1.807) is 18.5 Å². The Balaban J connectivity index is 2.32. The van der Waals surface area contributed by atoms with Crippen molar-refractivity contribution in [3.63, 3.8) is 0 Å². The molecule has 2 aromatic rings. The number of carboxylic acid groups (broad SMARTS) is 1. The van der Waals surface area contributed by atoms with Gasteiger partial charge in [-0.1, -0.05) is 28.9 Å². The molecule has 1 unspecified atom stereocenters. The molecule has 0 fully saturated rings. The quantitative estimate of drug-likeness (QED) is 0.836.